The minimum Gasteiger partial charge on any atom is -0.377 e. The van der Waals surface area contributed by atoms with E-state index in [2.05, 4.69) is 53.7 Å². The molecule has 0 radical (unpaired) electrons. The van der Waals surface area contributed by atoms with Crippen LogP contribution in [0.2, 0.25) is 0 Å². The standard InChI is InChI=1S/C19H31N3O2/c1-15-6-4-7-17(12-15)16(2)13-22-19(20-3)21-9-11-23-14-18-8-5-10-24-18/h4,6-7,12,16,18H,5,8-11,13-14H2,1-3H3,(H2,20,21,22). The number of ether oxygens (including phenoxy) is 2. The van der Waals surface area contributed by atoms with Crippen molar-refractivity contribution in [2.75, 3.05) is 40.0 Å². The molecule has 1 aromatic carbocycles. The zero-order chi connectivity index (χ0) is 17.2. The van der Waals surface area contributed by atoms with Gasteiger partial charge in [-0.1, -0.05) is 36.8 Å². The van der Waals surface area contributed by atoms with Crippen molar-refractivity contribution in [3.8, 4) is 0 Å². The topological polar surface area (TPSA) is 54.9 Å². The summed E-state index contributed by atoms with van der Waals surface area (Å²) in [6.07, 6.45) is 2.56. The SMILES string of the molecule is CN=C(NCCOCC1CCCO1)NCC(C)c1cccc(C)c1. The number of aliphatic imine (C=N–C) groups is 1. The van der Waals surface area contributed by atoms with Crippen LogP contribution >= 0.6 is 0 Å². The van der Waals surface area contributed by atoms with Crippen LogP contribution in [0.3, 0.4) is 0 Å². The highest BCUT2D eigenvalue weighted by molar-refractivity contribution is 5.79. The van der Waals surface area contributed by atoms with Crippen LogP contribution in [0.1, 0.15) is 36.8 Å². The molecule has 1 saturated heterocycles. The minimum atomic E-state index is 0.289. The van der Waals surface area contributed by atoms with Crippen LogP contribution in [0.4, 0.5) is 0 Å². The molecule has 0 aromatic heterocycles. The molecule has 1 aliphatic rings. The van der Waals surface area contributed by atoms with Crippen LogP contribution < -0.4 is 10.6 Å². The average Bonchev–Trinajstić information content (AvgIpc) is 3.10. The van der Waals surface area contributed by atoms with Crippen molar-refractivity contribution in [2.24, 2.45) is 4.99 Å². The summed E-state index contributed by atoms with van der Waals surface area (Å²) >= 11 is 0. The third-order valence-corrected chi connectivity index (χ3v) is 4.28. The number of benzene rings is 1. The van der Waals surface area contributed by atoms with Gasteiger partial charge in [0.25, 0.3) is 0 Å². The largest absolute Gasteiger partial charge is 0.377 e. The number of aryl methyl sites for hydroxylation is 1. The van der Waals surface area contributed by atoms with E-state index in [0.717, 1.165) is 38.5 Å². The molecule has 0 spiro atoms. The van der Waals surface area contributed by atoms with Crippen molar-refractivity contribution < 1.29 is 9.47 Å². The van der Waals surface area contributed by atoms with Crippen LogP contribution in [-0.2, 0) is 9.47 Å². The molecule has 1 aliphatic heterocycles. The van der Waals surface area contributed by atoms with E-state index in [-0.39, 0.29) is 6.10 Å². The Morgan fingerprint density at radius 1 is 1.42 bits per heavy atom. The number of guanidine groups is 1. The molecule has 24 heavy (non-hydrogen) atoms. The quantitative estimate of drug-likeness (QED) is 0.436. The molecular weight excluding hydrogens is 302 g/mol. The molecule has 0 aliphatic carbocycles. The fourth-order valence-electron chi connectivity index (χ4n) is 2.80. The lowest BCUT2D eigenvalue weighted by Gasteiger charge is -2.17. The van der Waals surface area contributed by atoms with E-state index in [1.54, 1.807) is 7.05 Å². The zero-order valence-electron chi connectivity index (χ0n) is 15.2. The van der Waals surface area contributed by atoms with Crippen LogP contribution in [0.15, 0.2) is 29.3 Å². The summed E-state index contributed by atoms with van der Waals surface area (Å²) < 4.78 is 11.2. The highest BCUT2D eigenvalue weighted by Crippen LogP contribution is 2.15. The maximum Gasteiger partial charge on any atom is 0.191 e. The van der Waals surface area contributed by atoms with Crippen molar-refractivity contribution in [2.45, 2.75) is 38.7 Å². The van der Waals surface area contributed by atoms with E-state index in [0.29, 0.717) is 19.1 Å². The Balaban J connectivity index is 1.61. The summed E-state index contributed by atoms with van der Waals surface area (Å²) in [5.41, 5.74) is 2.64. The van der Waals surface area contributed by atoms with Crippen LogP contribution in [0.25, 0.3) is 0 Å². The van der Waals surface area contributed by atoms with Crippen LogP contribution in [-0.4, -0.2) is 52.0 Å². The van der Waals surface area contributed by atoms with Gasteiger partial charge in [0.1, 0.15) is 0 Å². The first kappa shape index (κ1) is 18.7. The van der Waals surface area contributed by atoms with Crippen molar-refractivity contribution in [3.63, 3.8) is 0 Å². The number of hydrogen-bond acceptors (Lipinski definition) is 3. The Hall–Kier alpha value is -1.59. The Morgan fingerprint density at radius 3 is 3.00 bits per heavy atom. The molecule has 2 atom stereocenters. The first-order valence-electron chi connectivity index (χ1n) is 8.89. The fourth-order valence-corrected chi connectivity index (χ4v) is 2.80. The number of hydrogen-bond donors (Lipinski definition) is 2. The molecular formula is C19H31N3O2. The van der Waals surface area contributed by atoms with E-state index >= 15 is 0 Å². The molecule has 0 saturated carbocycles. The second kappa shape index (κ2) is 10.3. The molecule has 2 rings (SSSR count). The summed E-state index contributed by atoms with van der Waals surface area (Å²) in [6.45, 7) is 8.17. The lowest BCUT2D eigenvalue weighted by Crippen LogP contribution is -2.40. The summed E-state index contributed by atoms with van der Waals surface area (Å²) in [4.78, 5) is 4.26. The highest BCUT2D eigenvalue weighted by Gasteiger charge is 2.15. The van der Waals surface area contributed by atoms with Gasteiger partial charge >= 0.3 is 0 Å². The van der Waals surface area contributed by atoms with Gasteiger partial charge in [0.05, 0.1) is 19.3 Å². The van der Waals surface area contributed by atoms with E-state index in [1.165, 1.54) is 11.1 Å². The monoisotopic (exact) mass is 333 g/mol. The average molecular weight is 333 g/mol. The smallest absolute Gasteiger partial charge is 0.191 e. The third kappa shape index (κ3) is 6.49. The van der Waals surface area contributed by atoms with Crippen LogP contribution in [0.5, 0.6) is 0 Å². The van der Waals surface area contributed by atoms with Gasteiger partial charge in [-0.05, 0) is 31.2 Å². The molecule has 5 heteroatoms. The molecule has 134 valence electrons. The molecule has 5 nitrogen and oxygen atoms in total. The number of nitrogens with one attached hydrogen (secondary N) is 2. The van der Waals surface area contributed by atoms with Crippen molar-refractivity contribution in [1.29, 1.82) is 0 Å². The first-order chi connectivity index (χ1) is 11.7. The van der Waals surface area contributed by atoms with Gasteiger partial charge in [-0.25, -0.2) is 0 Å². The summed E-state index contributed by atoms with van der Waals surface area (Å²) in [5.74, 6) is 1.24. The van der Waals surface area contributed by atoms with Crippen molar-refractivity contribution >= 4 is 5.96 Å². The normalized spacial score (nSPS) is 19.3. The maximum atomic E-state index is 5.65. The molecule has 0 amide bonds. The summed E-state index contributed by atoms with van der Waals surface area (Å²) in [6, 6.07) is 8.65. The molecule has 1 heterocycles. The molecule has 2 unspecified atom stereocenters. The molecule has 0 bridgehead atoms. The Morgan fingerprint density at radius 2 is 2.29 bits per heavy atom. The summed E-state index contributed by atoms with van der Waals surface area (Å²) in [7, 11) is 1.79. The third-order valence-electron chi connectivity index (χ3n) is 4.28. The Kier molecular flexibility index (Phi) is 8.05. The second-order valence-electron chi connectivity index (χ2n) is 6.41. The van der Waals surface area contributed by atoms with E-state index in [4.69, 9.17) is 9.47 Å². The predicted molar refractivity (Wildman–Crippen MR) is 98.8 cm³/mol. The van der Waals surface area contributed by atoms with Gasteiger partial charge in [-0.15, -0.1) is 0 Å². The molecule has 1 fully saturated rings. The minimum absolute atomic E-state index is 0.289. The zero-order valence-corrected chi connectivity index (χ0v) is 15.2. The molecule has 1 aromatic rings. The van der Waals surface area contributed by atoms with E-state index < -0.39 is 0 Å². The first-order valence-corrected chi connectivity index (χ1v) is 8.89. The van der Waals surface area contributed by atoms with Gasteiger partial charge in [-0.2, -0.15) is 0 Å². The van der Waals surface area contributed by atoms with Gasteiger partial charge in [-0.3, -0.25) is 4.99 Å². The predicted octanol–water partition coefficient (Wildman–Crippen LogP) is 2.46. The number of nitrogens with zero attached hydrogens (tertiary/aromatic N) is 1. The van der Waals surface area contributed by atoms with Crippen molar-refractivity contribution in [3.05, 3.63) is 35.4 Å². The Bertz CT molecular complexity index is 513. The lowest BCUT2D eigenvalue weighted by atomic mass is 9.99. The second-order valence-corrected chi connectivity index (χ2v) is 6.41. The van der Waals surface area contributed by atoms with Gasteiger partial charge in [0.2, 0.25) is 0 Å². The van der Waals surface area contributed by atoms with Gasteiger partial charge in [0, 0.05) is 26.7 Å². The fraction of sp³-hybridized carbons (Fsp3) is 0.632. The number of rotatable bonds is 8. The maximum absolute atomic E-state index is 5.65. The Labute approximate surface area is 145 Å². The summed E-state index contributed by atoms with van der Waals surface area (Å²) in [5, 5.41) is 6.66. The van der Waals surface area contributed by atoms with Gasteiger partial charge in [0.15, 0.2) is 5.96 Å². The van der Waals surface area contributed by atoms with E-state index in [1.807, 2.05) is 0 Å². The lowest BCUT2D eigenvalue weighted by molar-refractivity contribution is 0.0191. The molecule has 2 N–H and O–H groups in total. The van der Waals surface area contributed by atoms with Crippen molar-refractivity contribution in [1.82, 2.24) is 10.6 Å². The highest BCUT2D eigenvalue weighted by atomic mass is 16.5. The van der Waals surface area contributed by atoms with Crippen LogP contribution in [0, 0.1) is 6.92 Å². The van der Waals surface area contributed by atoms with Gasteiger partial charge < -0.3 is 20.1 Å². The van der Waals surface area contributed by atoms with E-state index in [9.17, 15) is 0 Å².